The van der Waals surface area contributed by atoms with E-state index in [1.165, 1.54) is 32.4 Å². The van der Waals surface area contributed by atoms with Gasteiger partial charge in [0.15, 0.2) is 0 Å². The van der Waals surface area contributed by atoms with Gasteiger partial charge >= 0.3 is 0 Å². The molecule has 0 aromatic rings. The standard InChI is InChI=1S/C11H22N2/c1-3-4-11-5-6-13(9-11)8-10(2)7-12/h11H,2-9,12H2,1H3. The zero-order valence-corrected chi connectivity index (χ0v) is 8.76. The first kappa shape index (κ1) is 10.7. The van der Waals surface area contributed by atoms with E-state index in [0.29, 0.717) is 6.54 Å². The molecule has 1 rings (SSSR count). The maximum absolute atomic E-state index is 5.52. The Morgan fingerprint density at radius 3 is 3.00 bits per heavy atom. The predicted octanol–water partition coefficient (Wildman–Crippen LogP) is 1.62. The van der Waals surface area contributed by atoms with E-state index in [2.05, 4.69) is 18.4 Å². The largest absolute Gasteiger partial charge is 0.327 e. The lowest BCUT2D eigenvalue weighted by molar-refractivity contribution is 0.345. The smallest absolute Gasteiger partial charge is 0.0202 e. The molecule has 1 fully saturated rings. The fourth-order valence-corrected chi connectivity index (χ4v) is 2.08. The van der Waals surface area contributed by atoms with Crippen LogP contribution in [0.4, 0.5) is 0 Å². The average Bonchev–Trinajstić information content (AvgIpc) is 2.53. The third-order valence-electron chi connectivity index (χ3n) is 2.80. The van der Waals surface area contributed by atoms with Gasteiger partial charge in [0.2, 0.25) is 0 Å². The maximum atomic E-state index is 5.52. The summed E-state index contributed by atoms with van der Waals surface area (Å²) in [4.78, 5) is 2.48. The Kier molecular flexibility index (Phi) is 4.46. The first-order valence-electron chi connectivity index (χ1n) is 5.35. The molecule has 2 heteroatoms. The van der Waals surface area contributed by atoms with Crippen LogP contribution >= 0.6 is 0 Å². The summed E-state index contributed by atoms with van der Waals surface area (Å²) in [7, 11) is 0. The molecule has 0 bridgehead atoms. The molecule has 2 nitrogen and oxygen atoms in total. The highest BCUT2D eigenvalue weighted by Gasteiger charge is 2.21. The maximum Gasteiger partial charge on any atom is 0.0202 e. The van der Waals surface area contributed by atoms with Crippen molar-refractivity contribution in [2.24, 2.45) is 11.7 Å². The summed E-state index contributed by atoms with van der Waals surface area (Å²) in [6.45, 7) is 10.3. The lowest BCUT2D eigenvalue weighted by atomic mass is 10.0. The molecular weight excluding hydrogens is 160 g/mol. The van der Waals surface area contributed by atoms with Gasteiger partial charge in [-0.25, -0.2) is 0 Å². The van der Waals surface area contributed by atoms with Crippen LogP contribution in [-0.2, 0) is 0 Å². The number of hydrogen-bond donors (Lipinski definition) is 1. The van der Waals surface area contributed by atoms with E-state index < -0.39 is 0 Å². The zero-order chi connectivity index (χ0) is 9.68. The fourth-order valence-electron chi connectivity index (χ4n) is 2.08. The Hall–Kier alpha value is -0.340. The van der Waals surface area contributed by atoms with E-state index in [9.17, 15) is 0 Å². The number of nitrogens with two attached hydrogens (primary N) is 1. The highest BCUT2D eigenvalue weighted by molar-refractivity contribution is 4.99. The molecule has 1 heterocycles. The molecule has 1 saturated heterocycles. The zero-order valence-electron chi connectivity index (χ0n) is 8.76. The van der Waals surface area contributed by atoms with Gasteiger partial charge in [-0.15, -0.1) is 0 Å². The molecule has 0 aliphatic carbocycles. The van der Waals surface area contributed by atoms with Crippen LogP contribution in [0.5, 0.6) is 0 Å². The fraction of sp³-hybridized carbons (Fsp3) is 0.818. The first-order valence-corrected chi connectivity index (χ1v) is 5.35. The minimum absolute atomic E-state index is 0.634. The van der Waals surface area contributed by atoms with Gasteiger partial charge in [-0.3, -0.25) is 4.90 Å². The monoisotopic (exact) mass is 182 g/mol. The van der Waals surface area contributed by atoms with Crippen LogP contribution in [0.15, 0.2) is 12.2 Å². The molecule has 13 heavy (non-hydrogen) atoms. The third kappa shape index (κ3) is 3.49. The van der Waals surface area contributed by atoms with E-state index in [1.54, 1.807) is 0 Å². The van der Waals surface area contributed by atoms with E-state index in [-0.39, 0.29) is 0 Å². The summed E-state index contributed by atoms with van der Waals surface area (Å²) in [6.07, 6.45) is 4.06. The lowest BCUT2D eigenvalue weighted by Gasteiger charge is -2.16. The van der Waals surface area contributed by atoms with Crippen molar-refractivity contribution in [2.75, 3.05) is 26.2 Å². The summed E-state index contributed by atoms with van der Waals surface area (Å²) >= 11 is 0. The predicted molar refractivity (Wildman–Crippen MR) is 57.6 cm³/mol. The van der Waals surface area contributed by atoms with Crippen LogP contribution in [0, 0.1) is 5.92 Å². The lowest BCUT2D eigenvalue weighted by Crippen LogP contribution is -2.25. The molecule has 2 N–H and O–H groups in total. The topological polar surface area (TPSA) is 29.3 Å². The Bertz CT molecular complexity index is 165. The Morgan fingerprint density at radius 2 is 2.38 bits per heavy atom. The van der Waals surface area contributed by atoms with Gasteiger partial charge < -0.3 is 5.73 Å². The summed E-state index contributed by atoms with van der Waals surface area (Å²) in [5.41, 5.74) is 6.68. The van der Waals surface area contributed by atoms with Crippen LogP contribution in [0.2, 0.25) is 0 Å². The van der Waals surface area contributed by atoms with Crippen LogP contribution in [0.25, 0.3) is 0 Å². The molecule has 0 radical (unpaired) electrons. The van der Waals surface area contributed by atoms with Crippen LogP contribution in [0.3, 0.4) is 0 Å². The second-order valence-corrected chi connectivity index (χ2v) is 4.13. The molecule has 0 spiro atoms. The molecule has 1 aliphatic rings. The SMILES string of the molecule is C=C(CN)CN1CCC(CCC)C1. The summed E-state index contributed by atoms with van der Waals surface area (Å²) in [6, 6.07) is 0. The number of nitrogens with zero attached hydrogens (tertiary/aromatic N) is 1. The number of rotatable bonds is 5. The Labute approximate surface area is 81.8 Å². The van der Waals surface area contributed by atoms with E-state index in [0.717, 1.165) is 18.0 Å². The molecule has 0 aromatic carbocycles. The second-order valence-electron chi connectivity index (χ2n) is 4.13. The van der Waals surface area contributed by atoms with Gasteiger partial charge in [-0.05, 0) is 30.9 Å². The molecular formula is C11H22N2. The second kappa shape index (κ2) is 5.40. The Morgan fingerprint density at radius 1 is 1.62 bits per heavy atom. The average molecular weight is 182 g/mol. The molecule has 76 valence electrons. The molecule has 1 aliphatic heterocycles. The normalized spacial score (nSPS) is 23.7. The van der Waals surface area contributed by atoms with Crippen molar-refractivity contribution in [3.63, 3.8) is 0 Å². The van der Waals surface area contributed by atoms with Gasteiger partial charge in [0.05, 0.1) is 0 Å². The van der Waals surface area contributed by atoms with Crippen molar-refractivity contribution in [3.8, 4) is 0 Å². The van der Waals surface area contributed by atoms with E-state index >= 15 is 0 Å². The van der Waals surface area contributed by atoms with Crippen molar-refractivity contribution >= 4 is 0 Å². The molecule has 1 atom stereocenters. The third-order valence-corrected chi connectivity index (χ3v) is 2.80. The van der Waals surface area contributed by atoms with Crippen LogP contribution < -0.4 is 5.73 Å². The van der Waals surface area contributed by atoms with Gasteiger partial charge in [-0.2, -0.15) is 0 Å². The van der Waals surface area contributed by atoms with E-state index in [1.807, 2.05) is 0 Å². The summed E-state index contributed by atoms with van der Waals surface area (Å²) in [5.74, 6) is 0.926. The molecule has 1 unspecified atom stereocenters. The van der Waals surface area contributed by atoms with Gasteiger partial charge in [-0.1, -0.05) is 19.9 Å². The van der Waals surface area contributed by atoms with Crippen molar-refractivity contribution in [1.82, 2.24) is 4.90 Å². The molecule has 0 aromatic heterocycles. The van der Waals surface area contributed by atoms with Gasteiger partial charge in [0.1, 0.15) is 0 Å². The van der Waals surface area contributed by atoms with E-state index in [4.69, 9.17) is 5.73 Å². The van der Waals surface area contributed by atoms with Crippen molar-refractivity contribution < 1.29 is 0 Å². The molecule has 0 amide bonds. The van der Waals surface area contributed by atoms with Gasteiger partial charge in [0, 0.05) is 19.6 Å². The highest BCUT2D eigenvalue weighted by Crippen LogP contribution is 2.20. The van der Waals surface area contributed by atoms with Crippen molar-refractivity contribution in [1.29, 1.82) is 0 Å². The van der Waals surface area contributed by atoms with Crippen molar-refractivity contribution in [3.05, 3.63) is 12.2 Å². The first-order chi connectivity index (χ1) is 6.26. The van der Waals surface area contributed by atoms with Crippen LogP contribution in [-0.4, -0.2) is 31.1 Å². The van der Waals surface area contributed by atoms with Crippen molar-refractivity contribution in [2.45, 2.75) is 26.2 Å². The quantitative estimate of drug-likeness (QED) is 0.655. The number of hydrogen-bond acceptors (Lipinski definition) is 2. The highest BCUT2D eigenvalue weighted by atomic mass is 15.1. The summed E-state index contributed by atoms with van der Waals surface area (Å²) in [5, 5.41) is 0. The van der Waals surface area contributed by atoms with Crippen LogP contribution in [0.1, 0.15) is 26.2 Å². The van der Waals surface area contributed by atoms with Gasteiger partial charge in [0.25, 0.3) is 0 Å². The minimum atomic E-state index is 0.634. The molecule has 0 saturated carbocycles. The minimum Gasteiger partial charge on any atom is -0.327 e. The summed E-state index contributed by atoms with van der Waals surface area (Å²) < 4.78 is 0. The number of likely N-dealkylation sites (tertiary alicyclic amines) is 1. The Balaban J connectivity index is 2.20.